The van der Waals surface area contributed by atoms with Gasteiger partial charge in [0.05, 0.1) is 11.6 Å². The van der Waals surface area contributed by atoms with Crippen LogP contribution in [0.5, 0.6) is 0 Å². The van der Waals surface area contributed by atoms with Crippen molar-refractivity contribution in [2.24, 2.45) is 11.8 Å². The smallest absolute Gasteiger partial charge is 0.232 e. The van der Waals surface area contributed by atoms with Crippen LogP contribution in [0.25, 0.3) is 0 Å². The van der Waals surface area contributed by atoms with Crippen molar-refractivity contribution in [3.63, 3.8) is 0 Å². The summed E-state index contributed by atoms with van der Waals surface area (Å²) in [6.07, 6.45) is 6.19. The van der Waals surface area contributed by atoms with Gasteiger partial charge in [0.25, 0.3) is 0 Å². The van der Waals surface area contributed by atoms with Crippen molar-refractivity contribution in [1.82, 2.24) is 0 Å². The summed E-state index contributed by atoms with van der Waals surface area (Å²) >= 11 is 3.34. The molecule has 1 amide bonds. The number of nitrogens with one attached hydrogen (secondary N) is 1. The molecule has 0 saturated heterocycles. The maximum absolute atomic E-state index is 13.7. The lowest BCUT2D eigenvalue weighted by molar-refractivity contribution is -0.118. The minimum absolute atomic E-state index is 0.0179. The summed E-state index contributed by atoms with van der Waals surface area (Å²) in [6.45, 7) is 2.15. The van der Waals surface area contributed by atoms with Crippen molar-refractivity contribution < 1.29 is 9.18 Å². The van der Waals surface area contributed by atoms with Gasteiger partial charge >= 0.3 is 0 Å². The predicted octanol–water partition coefficient (Wildman–Crippen LogP) is 4.84. The monoisotopic (exact) mass is 339 g/mol. The largest absolute Gasteiger partial charge is 0.324 e. The van der Waals surface area contributed by atoms with Crippen LogP contribution in [-0.2, 0) is 4.79 Å². The molecule has 2 aliphatic rings. The van der Waals surface area contributed by atoms with Gasteiger partial charge in [0, 0.05) is 4.47 Å². The first-order valence-electron chi connectivity index (χ1n) is 7.37. The summed E-state index contributed by atoms with van der Waals surface area (Å²) < 4.78 is 14.3. The van der Waals surface area contributed by atoms with E-state index in [1.165, 1.54) is 44.2 Å². The Labute approximate surface area is 127 Å². The Morgan fingerprint density at radius 1 is 1.30 bits per heavy atom. The normalized spacial score (nSPS) is 24.4. The number of amides is 1. The van der Waals surface area contributed by atoms with E-state index < -0.39 is 0 Å². The van der Waals surface area contributed by atoms with Gasteiger partial charge in [-0.3, -0.25) is 4.79 Å². The van der Waals surface area contributed by atoms with Gasteiger partial charge in [0.15, 0.2) is 0 Å². The first-order valence-corrected chi connectivity index (χ1v) is 8.17. The minimum Gasteiger partial charge on any atom is -0.324 e. The summed E-state index contributed by atoms with van der Waals surface area (Å²) in [7, 11) is 0. The summed E-state index contributed by atoms with van der Waals surface area (Å²) in [5.74, 6) is 0.371. The molecule has 0 spiro atoms. The zero-order chi connectivity index (χ0) is 14.3. The van der Waals surface area contributed by atoms with Crippen LogP contribution < -0.4 is 5.32 Å². The van der Waals surface area contributed by atoms with E-state index in [2.05, 4.69) is 28.2 Å². The number of carbonyl (C=O) groups excluding carboxylic acids is 1. The van der Waals surface area contributed by atoms with Crippen LogP contribution in [0, 0.1) is 17.7 Å². The van der Waals surface area contributed by atoms with Crippen molar-refractivity contribution in [2.45, 2.75) is 44.9 Å². The average Bonchev–Trinajstić information content (AvgIpc) is 2.76. The second-order valence-electron chi connectivity index (χ2n) is 6.08. The third-order valence-electron chi connectivity index (χ3n) is 4.87. The molecule has 1 aliphatic carbocycles. The molecule has 3 rings (SSSR count). The summed E-state index contributed by atoms with van der Waals surface area (Å²) in [5.41, 5.74) is 1.57. The molecule has 1 aliphatic heterocycles. The molecule has 1 aromatic carbocycles. The molecule has 4 heteroatoms. The maximum atomic E-state index is 13.7. The number of halogens is 2. The Hall–Kier alpha value is -0.900. The standard InChI is InChI=1S/C16H19BrFNO/c1-9(10-5-3-2-4-6-10)14-12-7-11(18)8-13(17)15(12)19-16(14)20/h7-10,14H,2-6H2,1H3,(H,19,20). The molecule has 0 bridgehead atoms. The molecule has 1 aromatic rings. The summed E-state index contributed by atoms with van der Waals surface area (Å²) in [5, 5.41) is 2.91. The molecule has 0 radical (unpaired) electrons. The SMILES string of the molecule is CC(C1CCCCC1)C1C(=O)Nc2c(Br)cc(F)cc21. The van der Waals surface area contributed by atoms with Crippen LogP contribution in [0.4, 0.5) is 10.1 Å². The van der Waals surface area contributed by atoms with Crippen LogP contribution in [0.2, 0.25) is 0 Å². The number of rotatable bonds is 2. The van der Waals surface area contributed by atoms with Gasteiger partial charge in [-0.1, -0.05) is 39.0 Å². The molecule has 108 valence electrons. The van der Waals surface area contributed by atoms with Crippen LogP contribution in [0.15, 0.2) is 16.6 Å². The van der Waals surface area contributed by atoms with Gasteiger partial charge in [-0.2, -0.15) is 0 Å². The lowest BCUT2D eigenvalue weighted by Gasteiger charge is -2.30. The highest BCUT2D eigenvalue weighted by atomic mass is 79.9. The molecule has 1 saturated carbocycles. The highest BCUT2D eigenvalue weighted by Crippen LogP contribution is 2.46. The van der Waals surface area contributed by atoms with E-state index in [1.807, 2.05) is 0 Å². The number of anilines is 1. The highest BCUT2D eigenvalue weighted by molar-refractivity contribution is 9.10. The van der Waals surface area contributed by atoms with Crippen LogP contribution in [0.1, 0.15) is 50.5 Å². The van der Waals surface area contributed by atoms with Crippen molar-refractivity contribution in [3.8, 4) is 0 Å². The van der Waals surface area contributed by atoms with Crippen molar-refractivity contribution in [3.05, 3.63) is 28.0 Å². The first kappa shape index (κ1) is 14.1. The van der Waals surface area contributed by atoms with Crippen molar-refractivity contribution in [1.29, 1.82) is 0 Å². The lowest BCUT2D eigenvalue weighted by Crippen LogP contribution is -2.26. The maximum Gasteiger partial charge on any atom is 0.232 e. The second kappa shape index (κ2) is 5.47. The Morgan fingerprint density at radius 3 is 2.70 bits per heavy atom. The Kier molecular flexibility index (Phi) is 3.85. The van der Waals surface area contributed by atoms with Gasteiger partial charge in [-0.25, -0.2) is 4.39 Å². The van der Waals surface area contributed by atoms with Gasteiger partial charge in [-0.15, -0.1) is 0 Å². The Morgan fingerprint density at radius 2 is 2.00 bits per heavy atom. The van der Waals surface area contributed by atoms with E-state index in [4.69, 9.17) is 0 Å². The lowest BCUT2D eigenvalue weighted by atomic mass is 9.73. The molecule has 20 heavy (non-hydrogen) atoms. The van der Waals surface area contributed by atoms with E-state index in [1.54, 1.807) is 0 Å². The van der Waals surface area contributed by atoms with Gasteiger partial charge in [0.2, 0.25) is 5.91 Å². The topological polar surface area (TPSA) is 29.1 Å². The number of benzene rings is 1. The molecule has 2 nitrogen and oxygen atoms in total. The predicted molar refractivity (Wildman–Crippen MR) is 81.2 cm³/mol. The van der Waals surface area contributed by atoms with Gasteiger partial charge < -0.3 is 5.32 Å². The fourth-order valence-corrected chi connectivity index (χ4v) is 4.31. The number of hydrogen-bond donors (Lipinski definition) is 1. The second-order valence-corrected chi connectivity index (χ2v) is 6.93. The first-order chi connectivity index (χ1) is 9.58. The van der Waals surface area contributed by atoms with Crippen molar-refractivity contribution in [2.75, 3.05) is 5.32 Å². The Balaban J connectivity index is 1.93. The Bertz CT molecular complexity index is 540. The highest BCUT2D eigenvalue weighted by Gasteiger charge is 2.39. The van der Waals surface area contributed by atoms with E-state index in [-0.39, 0.29) is 23.6 Å². The fraction of sp³-hybridized carbons (Fsp3) is 0.562. The number of fused-ring (bicyclic) bond motifs is 1. The number of hydrogen-bond acceptors (Lipinski definition) is 1. The minimum atomic E-state index is -0.284. The molecule has 1 fully saturated rings. The van der Waals surface area contributed by atoms with Crippen LogP contribution >= 0.6 is 15.9 Å². The molecular weight excluding hydrogens is 321 g/mol. The summed E-state index contributed by atoms with van der Waals surface area (Å²) in [4.78, 5) is 12.3. The molecule has 2 atom stereocenters. The van der Waals surface area contributed by atoms with Gasteiger partial charge in [-0.05, 0) is 45.5 Å². The third-order valence-corrected chi connectivity index (χ3v) is 5.50. The number of carbonyl (C=O) groups is 1. The van der Waals surface area contributed by atoms with E-state index >= 15 is 0 Å². The fourth-order valence-electron chi connectivity index (χ4n) is 3.77. The molecule has 2 unspecified atom stereocenters. The van der Waals surface area contributed by atoms with Crippen molar-refractivity contribution >= 4 is 27.5 Å². The van der Waals surface area contributed by atoms with E-state index in [0.717, 1.165) is 11.3 Å². The van der Waals surface area contributed by atoms with Crippen LogP contribution in [0.3, 0.4) is 0 Å². The zero-order valence-corrected chi connectivity index (χ0v) is 13.2. The molecule has 1 heterocycles. The molecule has 1 N–H and O–H groups in total. The zero-order valence-electron chi connectivity index (χ0n) is 11.6. The van der Waals surface area contributed by atoms with Crippen LogP contribution in [-0.4, -0.2) is 5.91 Å². The quantitative estimate of drug-likeness (QED) is 0.820. The third kappa shape index (κ3) is 2.39. The molecular formula is C16H19BrFNO. The van der Waals surface area contributed by atoms with E-state index in [9.17, 15) is 9.18 Å². The van der Waals surface area contributed by atoms with E-state index in [0.29, 0.717) is 10.4 Å². The summed E-state index contributed by atoms with van der Waals surface area (Å²) in [6, 6.07) is 2.93. The van der Waals surface area contributed by atoms with Gasteiger partial charge in [0.1, 0.15) is 5.82 Å². The average molecular weight is 340 g/mol. The molecule has 0 aromatic heterocycles.